The van der Waals surface area contributed by atoms with Crippen LogP contribution in [0.15, 0.2) is 73.0 Å². The van der Waals surface area contributed by atoms with Crippen LogP contribution in [0.4, 0.5) is 0 Å². The molecule has 158 valence electrons. The molecule has 0 aliphatic carbocycles. The summed E-state index contributed by atoms with van der Waals surface area (Å²) in [5.74, 6) is 1.10. The summed E-state index contributed by atoms with van der Waals surface area (Å²) in [6, 6.07) is 17.7. The zero-order valence-corrected chi connectivity index (χ0v) is 17.5. The van der Waals surface area contributed by atoms with Crippen molar-refractivity contribution in [1.29, 1.82) is 0 Å². The average Bonchev–Trinajstić information content (AvgIpc) is 3.21. The van der Waals surface area contributed by atoms with Crippen molar-refractivity contribution in [2.24, 2.45) is 0 Å². The first-order chi connectivity index (χ1) is 15.3. The van der Waals surface area contributed by atoms with Crippen LogP contribution in [0.2, 0.25) is 0 Å². The number of phenols is 1. The summed E-state index contributed by atoms with van der Waals surface area (Å²) < 4.78 is 24.1. The molecule has 6 rings (SSSR count). The Bertz CT molecular complexity index is 1330. The molecule has 1 spiro atoms. The second kappa shape index (κ2) is 6.17. The van der Waals surface area contributed by atoms with Crippen LogP contribution in [0.25, 0.3) is 0 Å². The number of benzene rings is 3. The smallest absolute Gasteiger partial charge is 0.534 e. The van der Waals surface area contributed by atoms with Crippen molar-refractivity contribution >= 4 is 18.6 Å². The van der Waals surface area contributed by atoms with E-state index in [4.69, 9.17) is 18.8 Å². The molecule has 0 bridgehead atoms. The van der Waals surface area contributed by atoms with Gasteiger partial charge in [-0.1, -0.05) is 36.9 Å². The molecule has 1 N–H and O–H groups in total. The van der Waals surface area contributed by atoms with E-state index in [-0.39, 0.29) is 5.75 Å². The van der Waals surface area contributed by atoms with Crippen molar-refractivity contribution in [2.75, 3.05) is 0 Å². The molecule has 6 nitrogen and oxygen atoms in total. The lowest BCUT2D eigenvalue weighted by Crippen LogP contribution is -2.37. The second-order valence-corrected chi connectivity index (χ2v) is 8.66. The highest BCUT2D eigenvalue weighted by Gasteiger charge is 2.54. The van der Waals surface area contributed by atoms with Gasteiger partial charge < -0.3 is 23.9 Å². The third-order valence-electron chi connectivity index (χ3n) is 6.32. The van der Waals surface area contributed by atoms with Gasteiger partial charge >= 0.3 is 13.1 Å². The Morgan fingerprint density at radius 1 is 0.938 bits per heavy atom. The SMILES string of the molecule is C=C1OB(c2ccc3c(c2)Oc2cc(O)ccc2C32OC(=O)c3ccccc32)OC1(C)C. The predicted molar refractivity (Wildman–Crippen MR) is 117 cm³/mol. The first-order valence-electron chi connectivity index (χ1n) is 10.3. The van der Waals surface area contributed by atoms with Gasteiger partial charge in [-0.05, 0) is 38.1 Å². The van der Waals surface area contributed by atoms with Gasteiger partial charge in [-0.3, -0.25) is 0 Å². The van der Waals surface area contributed by atoms with Gasteiger partial charge in [0, 0.05) is 28.2 Å². The van der Waals surface area contributed by atoms with Crippen LogP contribution < -0.4 is 10.2 Å². The van der Waals surface area contributed by atoms with Gasteiger partial charge in [0.2, 0.25) is 0 Å². The number of carbonyl (C=O) groups excluding carboxylic acids is 1. The van der Waals surface area contributed by atoms with Gasteiger partial charge in [-0.15, -0.1) is 0 Å². The average molecular weight is 426 g/mol. The Morgan fingerprint density at radius 2 is 1.66 bits per heavy atom. The zero-order valence-electron chi connectivity index (χ0n) is 17.5. The molecule has 1 unspecified atom stereocenters. The Labute approximate surface area is 185 Å². The standard InChI is InChI=1S/C25H19BO6/c1-14-24(2,3)32-26(31-14)15-8-10-19-21(12-15)29-22-13-16(27)9-11-20(22)25(19)18-7-5-4-6-17(18)23(28)30-25/h4-13,27H,1H2,2-3H3. The van der Waals surface area contributed by atoms with E-state index in [9.17, 15) is 9.90 Å². The first-order valence-corrected chi connectivity index (χ1v) is 10.3. The molecule has 0 radical (unpaired) electrons. The molecule has 1 saturated heterocycles. The Morgan fingerprint density at radius 3 is 2.41 bits per heavy atom. The highest BCUT2D eigenvalue weighted by molar-refractivity contribution is 6.62. The van der Waals surface area contributed by atoms with Crippen LogP contribution in [0, 0.1) is 0 Å². The van der Waals surface area contributed by atoms with Crippen molar-refractivity contribution in [1.82, 2.24) is 0 Å². The fourth-order valence-corrected chi connectivity index (χ4v) is 4.59. The lowest BCUT2D eigenvalue weighted by atomic mass is 9.74. The molecule has 32 heavy (non-hydrogen) atoms. The van der Waals surface area contributed by atoms with Crippen LogP contribution in [0.3, 0.4) is 0 Å². The van der Waals surface area contributed by atoms with Gasteiger partial charge in [-0.2, -0.15) is 0 Å². The first kappa shape index (κ1) is 19.0. The van der Waals surface area contributed by atoms with Crippen molar-refractivity contribution in [2.45, 2.75) is 25.0 Å². The summed E-state index contributed by atoms with van der Waals surface area (Å²) in [6.07, 6.45) is 0. The number of aromatic hydroxyl groups is 1. The van der Waals surface area contributed by atoms with Crippen molar-refractivity contribution in [3.05, 3.63) is 95.3 Å². The van der Waals surface area contributed by atoms with Gasteiger partial charge in [0.15, 0.2) is 5.60 Å². The van der Waals surface area contributed by atoms with E-state index >= 15 is 0 Å². The molecule has 3 aromatic rings. The molecule has 7 heteroatoms. The van der Waals surface area contributed by atoms with E-state index < -0.39 is 24.3 Å². The van der Waals surface area contributed by atoms with Crippen LogP contribution >= 0.6 is 0 Å². The van der Waals surface area contributed by atoms with E-state index in [1.165, 1.54) is 6.07 Å². The minimum absolute atomic E-state index is 0.0524. The van der Waals surface area contributed by atoms with Crippen molar-refractivity contribution < 1.29 is 28.7 Å². The molecule has 1 fully saturated rings. The lowest BCUT2D eigenvalue weighted by molar-refractivity contribution is 0.0224. The minimum Gasteiger partial charge on any atom is -0.534 e. The Kier molecular flexibility index (Phi) is 3.67. The van der Waals surface area contributed by atoms with Gasteiger partial charge in [0.1, 0.15) is 22.8 Å². The van der Waals surface area contributed by atoms with E-state index in [2.05, 4.69) is 6.58 Å². The summed E-state index contributed by atoms with van der Waals surface area (Å²) in [5, 5.41) is 10.1. The third kappa shape index (κ3) is 2.42. The molecular weight excluding hydrogens is 407 g/mol. The van der Waals surface area contributed by atoms with Crippen LogP contribution in [-0.2, 0) is 19.6 Å². The number of esters is 1. The minimum atomic E-state index is -1.18. The lowest BCUT2D eigenvalue weighted by Gasteiger charge is -2.36. The number of phenolic OH excluding ortho intramolecular Hbond substituents is 1. The summed E-state index contributed by atoms with van der Waals surface area (Å²) in [6.45, 7) is 7.73. The Hall–Kier alpha value is -3.71. The highest BCUT2D eigenvalue weighted by Crippen LogP contribution is 2.56. The van der Waals surface area contributed by atoms with E-state index in [1.54, 1.807) is 18.2 Å². The number of fused-ring (bicyclic) bond motifs is 6. The molecule has 3 heterocycles. The number of carbonyl (C=O) groups is 1. The fourth-order valence-electron chi connectivity index (χ4n) is 4.59. The molecule has 1 atom stereocenters. The summed E-state index contributed by atoms with van der Waals surface area (Å²) >= 11 is 0. The molecule has 0 amide bonds. The molecule has 3 aliphatic rings. The van der Waals surface area contributed by atoms with Gasteiger partial charge in [0.05, 0.1) is 11.3 Å². The van der Waals surface area contributed by atoms with Crippen LogP contribution in [0.1, 0.15) is 40.9 Å². The van der Waals surface area contributed by atoms with E-state index in [1.807, 2.05) is 50.2 Å². The molecular formula is C25H19BO6. The quantitative estimate of drug-likeness (QED) is 0.469. The van der Waals surface area contributed by atoms with Crippen molar-refractivity contribution in [3.8, 4) is 17.2 Å². The molecule has 3 aromatic carbocycles. The van der Waals surface area contributed by atoms with Crippen LogP contribution in [-0.4, -0.2) is 23.8 Å². The van der Waals surface area contributed by atoms with E-state index in [0.29, 0.717) is 33.9 Å². The molecule has 3 aliphatic heterocycles. The van der Waals surface area contributed by atoms with E-state index in [0.717, 1.165) is 11.0 Å². The number of rotatable bonds is 1. The van der Waals surface area contributed by atoms with Gasteiger partial charge in [0.25, 0.3) is 0 Å². The number of hydrogen-bond acceptors (Lipinski definition) is 6. The molecule has 0 saturated carbocycles. The maximum Gasteiger partial charge on any atom is 0.563 e. The summed E-state index contributed by atoms with van der Waals surface area (Å²) in [4.78, 5) is 12.8. The topological polar surface area (TPSA) is 74.2 Å². The Balaban J connectivity index is 1.56. The maximum absolute atomic E-state index is 12.8. The van der Waals surface area contributed by atoms with Crippen molar-refractivity contribution in [3.63, 3.8) is 0 Å². The van der Waals surface area contributed by atoms with Crippen LogP contribution in [0.5, 0.6) is 17.2 Å². The summed E-state index contributed by atoms with van der Waals surface area (Å²) in [7, 11) is -0.633. The second-order valence-electron chi connectivity index (χ2n) is 8.66. The normalized spacial score (nSPS) is 22.0. The monoisotopic (exact) mass is 426 g/mol. The predicted octanol–water partition coefficient (Wildman–Crippen LogP) is 3.99. The fraction of sp³-hybridized carbons (Fsp3) is 0.160. The van der Waals surface area contributed by atoms with Gasteiger partial charge in [-0.25, -0.2) is 4.79 Å². The summed E-state index contributed by atoms with van der Waals surface area (Å²) in [5.41, 5.74) is 1.53. The third-order valence-corrected chi connectivity index (χ3v) is 6.32. The number of hydrogen-bond donors (Lipinski definition) is 1. The maximum atomic E-state index is 12.8. The largest absolute Gasteiger partial charge is 0.563 e. The number of ether oxygens (including phenoxy) is 2. The molecule has 0 aromatic heterocycles. The zero-order chi connectivity index (χ0) is 22.3. The highest BCUT2D eigenvalue weighted by atomic mass is 16.7.